The van der Waals surface area contributed by atoms with E-state index in [1.54, 1.807) is 12.4 Å². The van der Waals surface area contributed by atoms with Gasteiger partial charge >= 0.3 is 5.97 Å². The van der Waals surface area contributed by atoms with Gasteiger partial charge in [0.05, 0.1) is 18.1 Å². The summed E-state index contributed by atoms with van der Waals surface area (Å²) in [6.07, 6.45) is 9.51. The lowest BCUT2D eigenvalue weighted by atomic mass is 9.53. The number of piperazine rings is 1. The first kappa shape index (κ1) is 19.0. The topological polar surface area (TPSA) is 71.1 Å². The SMILES string of the molecule is C[C@]12CCC[C@@]3(CO3)[C@H]1C[C@H]1[C@@H](C2)OC(=O)[C@@H]1CN1CCN(c2ncccn2)CC1. The van der Waals surface area contributed by atoms with Gasteiger partial charge in [-0.2, -0.15) is 0 Å². The molecule has 162 valence electrons. The van der Waals surface area contributed by atoms with Crippen LogP contribution in [0.3, 0.4) is 0 Å². The molecule has 6 atom stereocenters. The molecule has 0 bridgehead atoms. The minimum absolute atomic E-state index is 0.0109. The molecule has 5 aliphatic rings. The van der Waals surface area contributed by atoms with Gasteiger partial charge in [0, 0.05) is 51.0 Å². The van der Waals surface area contributed by atoms with Gasteiger partial charge in [0.2, 0.25) is 5.95 Å². The minimum atomic E-state index is 0.0109. The number of fused-ring (bicyclic) bond motifs is 3. The lowest BCUT2D eigenvalue weighted by Gasteiger charge is -2.51. The molecule has 0 aromatic carbocycles. The summed E-state index contributed by atoms with van der Waals surface area (Å²) < 4.78 is 12.0. The van der Waals surface area contributed by atoms with Crippen molar-refractivity contribution in [3.63, 3.8) is 0 Å². The van der Waals surface area contributed by atoms with Crippen LogP contribution in [-0.4, -0.2) is 71.9 Å². The van der Waals surface area contributed by atoms with E-state index in [0.717, 1.165) is 58.1 Å². The zero-order chi connectivity index (χ0) is 20.3. The second-order valence-corrected chi connectivity index (χ2v) is 10.4. The number of ether oxygens (including phenoxy) is 2. The van der Waals surface area contributed by atoms with Crippen molar-refractivity contribution in [2.75, 3.05) is 44.2 Å². The van der Waals surface area contributed by atoms with E-state index in [0.29, 0.717) is 11.8 Å². The highest BCUT2D eigenvalue weighted by Crippen LogP contribution is 2.62. The monoisotopic (exact) mass is 412 g/mol. The molecule has 1 spiro atoms. The van der Waals surface area contributed by atoms with Gasteiger partial charge in [0.15, 0.2) is 0 Å². The maximum atomic E-state index is 12.9. The van der Waals surface area contributed by atoms with Crippen LogP contribution in [0.25, 0.3) is 0 Å². The number of hydrogen-bond acceptors (Lipinski definition) is 7. The van der Waals surface area contributed by atoms with Crippen LogP contribution in [0.5, 0.6) is 0 Å². The summed E-state index contributed by atoms with van der Waals surface area (Å²) in [6, 6.07) is 1.85. The first-order chi connectivity index (χ1) is 14.6. The average molecular weight is 413 g/mol. The standard InChI is InChI=1S/C23H32N4O3/c1-22-4-2-5-23(15-29-23)19(22)12-16-17(20(28)30-18(16)13-22)14-26-8-10-27(11-9-26)21-24-6-3-7-25-21/h3,6-7,16-19H,2,4-5,8-15H2,1H3/t16-,17-,18-,19+,22-,23-/m1/s1. The van der Waals surface area contributed by atoms with Crippen molar-refractivity contribution in [1.82, 2.24) is 14.9 Å². The summed E-state index contributed by atoms with van der Waals surface area (Å²) in [6.45, 7) is 7.84. The third kappa shape index (κ3) is 3.04. The molecule has 7 nitrogen and oxygen atoms in total. The Labute approximate surface area is 178 Å². The van der Waals surface area contributed by atoms with Crippen molar-refractivity contribution < 1.29 is 14.3 Å². The highest BCUT2D eigenvalue weighted by Gasteiger charge is 2.65. The Bertz CT molecular complexity index is 808. The molecule has 1 aromatic heterocycles. The zero-order valence-corrected chi connectivity index (χ0v) is 17.8. The van der Waals surface area contributed by atoms with E-state index in [-0.39, 0.29) is 29.0 Å². The van der Waals surface area contributed by atoms with Crippen molar-refractivity contribution in [2.24, 2.45) is 23.2 Å². The van der Waals surface area contributed by atoms with Crippen molar-refractivity contribution in [3.05, 3.63) is 18.5 Å². The molecule has 1 aromatic rings. The summed E-state index contributed by atoms with van der Waals surface area (Å²) in [4.78, 5) is 26.3. The van der Waals surface area contributed by atoms with Crippen LogP contribution in [-0.2, 0) is 14.3 Å². The smallest absolute Gasteiger partial charge is 0.310 e. The fourth-order valence-electron chi connectivity index (χ4n) is 7.03. The molecule has 30 heavy (non-hydrogen) atoms. The Kier molecular flexibility index (Phi) is 4.36. The van der Waals surface area contributed by atoms with Crippen molar-refractivity contribution in [1.29, 1.82) is 0 Å². The van der Waals surface area contributed by atoms with Crippen molar-refractivity contribution in [3.8, 4) is 0 Å². The summed E-state index contributed by atoms with van der Waals surface area (Å²) in [5, 5.41) is 0. The number of esters is 1. The molecule has 5 fully saturated rings. The Balaban J connectivity index is 1.12. The maximum Gasteiger partial charge on any atom is 0.310 e. The molecule has 0 N–H and O–H groups in total. The van der Waals surface area contributed by atoms with Gasteiger partial charge in [-0.05, 0) is 49.5 Å². The molecular formula is C23H32N4O3. The van der Waals surface area contributed by atoms with Crippen LogP contribution in [0.1, 0.15) is 39.0 Å². The minimum Gasteiger partial charge on any atom is -0.462 e. The number of carbonyl (C=O) groups excluding carboxylic acids is 1. The fraction of sp³-hybridized carbons (Fsp3) is 0.783. The number of rotatable bonds is 3. The van der Waals surface area contributed by atoms with E-state index < -0.39 is 0 Å². The lowest BCUT2D eigenvalue weighted by Crippen LogP contribution is -2.52. The molecule has 3 saturated heterocycles. The van der Waals surface area contributed by atoms with Gasteiger partial charge in [0.1, 0.15) is 6.10 Å². The predicted octanol–water partition coefficient (Wildman–Crippen LogP) is 2.13. The van der Waals surface area contributed by atoms with E-state index in [2.05, 4.69) is 26.7 Å². The number of aromatic nitrogens is 2. The van der Waals surface area contributed by atoms with E-state index in [1.165, 1.54) is 19.3 Å². The predicted molar refractivity (Wildman–Crippen MR) is 111 cm³/mol. The molecule has 0 radical (unpaired) electrons. The first-order valence-electron chi connectivity index (χ1n) is 11.7. The largest absolute Gasteiger partial charge is 0.462 e. The van der Waals surface area contributed by atoms with Crippen LogP contribution in [0, 0.1) is 23.2 Å². The van der Waals surface area contributed by atoms with E-state index in [9.17, 15) is 4.79 Å². The summed E-state index contributed by atoms with van der Waals surface area (Å²) in [5.74, 6) is 1.79. The number of epoxide rings is 1. The lowest BCUT2D eigenvalue weighted by molar-refractivity contribution is -0.147. The molecule has 4 heterocycles. The summed E-state index contributed by atoms with van der Waals surface area (Å²) in [7, 11) is 0. The Morgan fingerprint density at radius 1 is 1.17 bits per heavy atom. The van der Waals surface area contributed by atoms with Crippen LogP contribution >= 0.6 is 0 Å². The quantitative estimate of drug-likeness (QED) is 0.556. The average Bonchev–Trinajstić information content (AvgIpc) is 3.46. The van der Waals surface area contributed by atoms with Gasteiger partial charge in [-0.25, -0.2) is 9.97 Å². The van der Waals surface area contributed by atoms with E-state index in [4.69, 9.17) is 9.47 Å². The van der Waals surface area contributed by atoms with Crippen LogP contribution in [0.4, 0.5) is 5.95 Å². The van der Waals surface area contributed by atoms with Crippen molar-refractivity contribution in [2.45, 2.75) is 50.7 Å². The third-order valence-electron chi connectivity index (χ3n) is 8.74. The highest BCUT2D eigenvalue weighted by molar-refractivity contribution is 5.75. The molecule has 3 aliphatic heterocycles. The number of carbonyl (C=O) groups is 1. The number of anilines is 1. The molecular weight excluding hydrogens is 380 g/mol. The van der Waals surface area contributed by atoms with Gasteiger partial charge in [0.25, 0.3) is 0 Å². The van der Waals surface area contributed by atoms with Gasteiger partial charge < -0.3 is 14.4 Å². The third-order valence-corrected chi connectivity index (χ3v) is 8.74. The van der Waals surface area contributed by atoms with Crippen LogP contribution in [0.2, 0.25) is 0 Å². The molecule has 7 heteroatoms. The van der Waals surface area contributed by atoms with Crippen LogP contribution in [0.15, 0.2) is 18.5 Å². The Morgan fingerprint density at radius 3 is 2.67 bits per heavy atom. The summed E-state index contributed by atoms with van der Waals surface area (Å²) >= 11 is 0. The Morgan fingerprint density at radius 2 is 1.93 bits per heavy atom. The second-order valence-electron chi connectivity index (χ2n) is 10.4. The molecule has 2 aliphatic carbocycles. The number of hydrogen-bond donors (Lipinski definition) is 0. The van der Waals surface area contributed by atoms with Crippen molar-refractivity contribution >= 4 is 11.9 Å². The van der Waals surface area contributed by atoms with E-state index >= 15 is 0 Å². The molecule has 2 saturated carbocycles. The normalized spacial score (nSPS) is 43.2. The zero-order valence-electron chi connectivity index (χ0n) is 17.8. The van der Waals surface area contributed by atoms with Crippen LogP contribution < -0.4 is 4.90 Å². The summed E-state index contributed by atoms with van der Waals surface area (Å²) in [5.41, 5.74) is 0.391. The second kappa shape index (κ2) is 6.89. The van der Waals surface area contributed by atoms with Gasteiger partial charge in [-0.3, -0.25) is 9.69 Å². The highest BCUT2D eigenvalue weighted by atomic mass is 16.6. The molecule has 0 amide bonds. The first-order valence-corrected chi connectivity index (χ1v) is 11.7. The number of nitrogens with zero attached hydrogens (tertiary/aromatic N) is 4. The Hall–Kier alpha value is -1.73. The van der Waals surface area contributed by atoms with E-state index in [1.807, 2.05) is 6.07 Å². The fourth-order valence-corrected chi connectivity index (χ4v) is 7.03. The van der Waals surface area contributed by atoms with Gasteiger partial charge in [-0.1, -0.05) is 6.92 Å². The maximum absolute atomic E-state index is 12.9. The van der Waals surface area contributed by atoms with Gasteiger partial charge in [-0.15, -0.1) is 0 Å². The molecule has 6 rings (SSSR count). The molecule has 0 unspecified atom stereocenters.